The summed E-state index contributed by atoms with van der Waals surface area (Å²) in [5.41, 5.74) is 2.86. The monoisotopic (exact) mass is 399 g/mol. The van der Waals surface area contributed by atoms with Crippen LogP contribution in [0.5, 0.6) is 11.5 Å². The van der Waals surface area contributed by atoms with E-state index in [2.05, 4.69) is 20.8 Å². The summed E-state index contributed by atoms with van der Waals surface area (Å²) in [6.45, 7) is 2.38. The van der Waals surface area contributed by atoms with Gasteiger partial charge in [0.2, 0.25) is 11.1 Å². The number of rotatable bonds is 8. The molecule has 0 aliphatic heterocycles. The fourth-order valence-corrected chi connectivity index (χ4v) is 3.31. The maximum absolute atomic E-state index is 12.2. The van der Waals surface area contributed by atoms with Crippen molar-refractivity contribution in [1.82, 2.24) is 25.5 Å². The van der Waals surface area contributed by atoms with Gasteiger partial charge in [-0.1, -0.05) is 36.0 Å². The van der Waals surface area contributed by atoms with Crippen molar-refractivity contribution in [3.05, 3.63) is 53.6 Å². The number of benzene rings is 2. The van der Waals surface area contributed by atoms with Crippen molar-refractivity contribution in [2.75, 3.05) is 20.0 Å². The number of amides is 1. The van der Waals surface area contributed by atoms with Gasteiger partial charge in [-0.25, -0.2) is 0 Å². The molecule has 2 aromatic carbocycles. The first kappa shape index (κ1) is 19.7. The Morgan fingerprint density at radius 2 is 1.93 bits per heavy atom. The number of aromatic nitrogens is 4. The lowest BCUT2D eigenvalue weighted by Crippen LogP contribution is -2.24. The van der Waals surface area contributed by atoms with Crippen LogP contribution < -0.4 is 14.8 Å². The molecule has 1 N–H and O–H groups in total. The normalized spacial score (nSPS) is 10.5. The van der Waals surface area contributed by atoms with E-state index in [1.54, 1.807) is 18.9 Å². The molecule has 0 spiro atoms. The van der Waals surface area contributed by atoms with E-state index < -0.39 is 0 Å². The zero-order valence-electron chi connectivity index (χ0n) is 15.9. The predicted molar refractivity (Wildman–Crippen MR) is 106 cm³/mol. The minimum Gasteiger partial charge on any atom is -0.493 e. The highest BCUT2D eigenvalue weighted by Crippen LogP contribution is 2.27. The van der Waals surface area contributed by atoms with Crippen molar-refractivity contribution in [1.29, 1.82) is 0 Å². The molecule has 0 fully saturated rings. The van der Waals surface area contributed by atoms with E-state index in [0.717, 1.165) is 16.8 Å². The summed E-state index contributed by atoms with van der Waals surface area (Å²) >= 11 is 1.28. The molecular formula is C19H21N5O3S. The summed E-state index contributed by atoms with van der Waals surface area (Å²) in [5.74, 6) is 1.37. The molecule has 0 aliphatic carbocycles. The molecule has 28 heavy (non-hydrogen) atoms. The first-order valence-corrected chi connectivity index (χ1v) is 9.55. The number of aryl methyl sites for hydroxylation is 1. The Morgan fingerprint density at radius 1 is 1.14 bits per heavy atom. The fraction of sp³-hybridized carbons (Fsp3) is 0.263. The lowest BCUT2D eigenvalue weighted by molar-refractivity contribution is -0.118. The van der Waals surface area contributed by atoms with Crippen molar-refractivity contribution in [2.24, 2.45) is 0 Å². The number of methoxy groups -OCH3 is 2. The van der Waals surface area contributed by atoms with E-state index in [-0.39, 0.29) is 11.7 Å². The van der Waals surface area contributed by atoms with Crippen LogP contribution in [0.3, 0.4) is 0 Å². The molecule has 0 unspecified atom stereocenters. The van der Waals surface area contributed by atoms with Gasteiger partial charge in [-0.2, -0.15) is 4.68 Å². The number of thioether (sulfide) groups is 1. The van der Waals surface area contributed by atoms with E-state index in [1.807, 2.05) is 49.4 Å². The molecule has 0 radical (unpaired) electrons. The van der Waals surface area contributed by atoms with Crippen LogP contribution in [0.25, 0.3) is 5.69 Å². The highest BCUT2D eigenvalue weighted by molar-refractivity contribution is 7.99. The first-order chi connectivity index (χ1) is 13.6. The third-order valence-electron chi connectivity index (χ3n) is 4.05. The number of nitrogens with one attached hydrogen (secondary N) is 1. The molecule has 3 rings (SSSR count). The van der Waals surface area contributed by atoms with Gasteiger partial charge in [0.25, 0.3) is 0 Å². The fourth-order valence-electron chi connectivity index (χ4n) is 2.59. The standard InChI is InChI=1S/C19H21N5O3S/c1-13-6-4-5-7-15(13)24-19(21-22-23-24)28-12-18(25)20-11-14-8-9-16(26-2)17(10-14)27-3/h4-10H,11-12H2,1-3H3,(H,20,25). The number of nitrogens with zero attached hydrogens (tertiary/aromatic N) is 4. The summed E-state index contributed by atoms with van der Waals surface area (Å²) in [6.07, 6.45) is 0. The van der Waals surface area contributed by atoms with Crippen LogP contribution in [0.1, 0.15) is 11.1 Å². The van der Waals surface area contributed by atoms with Crippen molar-refractivity contribution >= 4 is 17.7 Å². The summed E-state index contributed by atoms with van der Waals surface area (Å²) in [4.78, 5) is 12.2. The predicted octanol–water partition coefficient (Wildman–Crippen LogP) is 2.40. The molecule has 146 valence electrons. The second kappa shape index (κ2) is 9.23. The maximum atomic E-state index is 12.2. The Hall–Kier alpha value is -3.07. The minimum absolute atomic E-state index is 0.112. The van der Waals surface area contributed by atoms with Crippen LogP contribution in [-0.2, 0) is 11.3 Å². The van der Waals surface area contributed by atoms with Gasteiger partial charge in [0.1, 0.15) is 0 Å². The average Bonchev–Trinajstić information content (AvgIpc) is 3.19. The molecule has 0 aliphatic rings. The largest absolute Gasteiger partial charge is 0.493 e. The van der Waals surface area contributed by atoms with Crippen molar-refractivity contribution in [2.45, 2.75) is 18.6 Å². The molecule has 9 heteroatoms. The number of ether oxygens (including phenoxy) is 2. The highest BCUT2D eigenvalue weighted by atomic mass is 32.2. The zero-order valence-corrected chi connectivity index (χ0v) is 16.7. The van der Waals surface area contributed by atoms with Gasteiger partial charge in [0.05, 0.1) is 25.7 Å². The third-order valence-corrected chi connectivity index (χ3v) is 4.97. The number of carbonyl (C=O) groups excluding carboxylic acids is 1. The van der Waals surface area contributed by atoms with E-state index in [9.17, 15) is 4.79 Å². The second-order valence-corrected chi connectivity index (χ2v) is 6.86. The van der Waals surface area contributed by atoms with Crippen LogP contribution in [-0.4, -0.2) is 46.1 Å². The molecular weight excluding hydrogens is 378 g/mol. The van der Waals surface area contributed by atoms with Gasteiger partial charge < -0.3 is 14.8 Å². The number of carbonyl (C=O) groups is 1. The second-order valence-electron chi connectivity index (χ2n) is 5.91. The summed E-state index contributed by atoms with van der Waals surface area (Å²) in [7, 11) is 3.16. The van der Waals surface area contributed by atoms with Gasteiger partial charge in [-0.05, 0) is 46.7 Å². The molecule has 0 saturated carbocycles. The Morgan fingerprint density at radius 3 is 2.68 bits per heavy atom. The number of hydrogen-bond acceptors (Lipinski definition) is 7. The highest BCUT2D eigenvalue weighted by Gasteiger charge is 2.13. The topological polar surface area (TPSA) is 91.2 Å². The quantitative estimate of drug-likeness (QED) is 0.582. The third kappa shape index (κ3) is 4.61. The van der Waals surface area contributed by atoms with Crippen LogP contribution in [0, 0.1) is 6.92 Å². The van der Waals surface area contributed by atoms with Gasteiger partial charge in [0.15, 0.2) is 11.5 Å². The van der Waals surface area contributed by atoms with E-state index >= 15 is 0 Å². The Labute approximate surface area is 167 Å². The Balaban J connectivity index is 1.57. The average molecular weight is 399 g/mol. The molecule has 1 heterocycles. The van der Waals surface area contributed by atoms with E-state index in [1.165, 1.54) is 11.8 Å². The summed E-state index contributed by atoms with van der Waals surface area (Å²) in [6, 6.07) is 13.3. The SMILES string of the molecule is COc1ccc(CNC(=O)CSc2nnnn2-c2ccccc2C)cc1OC. The Bertz CT molecular complexity index is 960. The van der Waals surface area contributed by atoms with Crippen LogP contribution >= 0.6 is 11.8 Å². The number of tetrazole rings is 1. The molecule has 1 aromatic heterocycles. The minimum atomic E-state index is -0.112. The van der Waals surface area contributed by atoms with Gasteiger partial charge in [-0.15, -0.1) is 5.10 Å². The van der Waals surface area contributed by atoms with E-state index in [0.29, 0.717) is 23.2 Å². The number of para-hydroxylation sites is 1. The first-order valence-electron chi connectivity index (χ1n) is 8.57. The van der Waals surface area contributed by atoms with Crippen LogP contribution in [0.15, 0.2) is 47.6 Å². The van der Waals surface area contributed by atoms with Crippen molar-refractivity contribution in [3.8, 4) is 17.2 Å². The van der Waals surface area contributed by atoms with Crippen molar-refractivity contribution in [3.63, 3.8) is 0 Å². The molecule has 8 nitrogen and oxygen atoms in total. The number of hydrogen-bond donors (Lipinski definition) is 1. The zero-order chi connectivity index (χ0) is 19.9. The smallest absolute Gasteiger partial charge is 0.230 e. The molecule has 0 atom stereocenters. The van der Waals surface area contributed by atoms with Gasteiger partial charge >= 0.3 is 0 Å². The lowest BCUT2D eigenvalue weighted by atomic mass is 10.2. The van der Waals surface area contributed by atoms with Gasteiger partial charge in [-0.3, -0.25) is 4.79 Å². The van der Waals surface area contributed by atoms with E-state index in [4.69, 9.17) is 9.47 Å². The van der Waals surface area contributed by atoms with Gasteiger partial charge in [0, 0.05) is 6.54 Å². The molecule has 1 amide bonds. The summed E-state index contributed by atoms with van der Waals surface area (Å²) in [5, 5.41) is 15.2. The molecule has 0 bridgehead atoms. The molecule has 3 aromatic rings. The van der Waals surface area contributed by atoms with Crippen LogP contribution in [0.2, 0.25) is 0 Å². The maximum Gasteiger partial charge on any atom is 0.230 e. The lowest BCUT2D eigenvalue weighted by Gasteiger charge is -2.10. The summed E-state index contributed by atoms with van der Waals surface area (Å²) < 4.78 is 12.1. The van der Waals surface area contributed by atoms with Crippen LogP contribution in [0.4, 0.5) is 0 Å². The molecule has 0 saturated heterocycles. The Kier molecular flexibility index (Phi) is 6.49. The van der Waals surface area contributed by atoms with Crippen molar-refractivity contribution < 1.29 is 14.3 Å².